The Morgan fingerprint density at radius 3 is 2.79 bits per heavy atom. The number of methoxy groups -OCH3 is 1. The number of carbonyl (C=O) groups excluding carboxylic acids is 1. The largest absolute Gasteiger partial charge is 0.494 e. The van der Waals surface area contributed by atoms with Crippen molar-refractivity contribution in [3.8, 4) is 5.75 Å². The van der Waals surface area contributed by atoms with E-state index < -0.39 is 0 Å². The fourth-order valence-electron chi connectivity index (χ4n) is 2.90. The monoisotopic (exact) mass is 260 g/mol. The number of para-hydroxylation sites is 1. The van der Waals surface area contributed by atoms with E-state index in [1.54, 1.807) is 18.2 Å². The molecule has 0 unspecified atom stereocenters. The van der Waals surface area contributed by atoms with Crippen molar-refractivity contribution in [1.29, 1.82) is 0 Å². The third-order valence-corrected chi connectivity index (χ3v) is 4.43. The van der Waals surface area contributed by atoms with E-state index in [1.165, 1.54) is 32.8 Å². The number of hydrogen-bond donors (Lipinski definition) is 2. The Kier molecular flexibility index (Phi) is 2.88. The maximum atomic E-state index is 12.2. The molecule has 3 rings (SSSR count). The van der Waals surface area contributed by atoms with Gasteiger partial charge in [0.25, 0.3) is 5.91 Å². The first-order valence-corrected chi connectivity index (χ1v) is 6.87. The van der Waals surface area contributed by atoms with Gasteiger partial charge in [-0.1, -0.05) is 6.07 Å². The van der Waals surface area contributed by atoms with Crippen LogP contribution in [0.15, 0.2) is 18.2 Å². The van der Waals surface area contributed by atoms with Crippen molar-refractivity contribution in [2.24, 2.45) is 11.3 Å². The molecule has 0 radical (unpaired) electrons. The standard InChI is InChI=1S/C15H20N2O2/c1-19-13-11(3-2-4-12(13)16)14(18)17-9-15(7-8-15)10-5-6-10/h2-4,10H,5-9,16H2,1H3,(H,17,18). The van der Waals surface area contributed by atoms with Crippen molar-refractivity contribution in [3.63, 3.8) is 0 Å². The molecule has 1 aromatic carbocycles. The molecule has 1 amide bonds. The van der Waals surface area contributed by atoms with Gasteiger partial charge in [-0.3, -0.25) is 4.79 Å². The van der Waals surface area contributed by atoms with Crippen LogP contribution in [0.25, 0.3) is 0 Å². The van der Waals surface area contributed by atoms with Crippen LogP contribution < -0.4 is 15.8 Å². The lowest BCUT2D eigenvalue weighted by Gasteiger charge is -2.16. The number of nitrogens with one attached hydrogen (secondary N) is 1. The molecular formula is C15H20N2O2. The predicted molar refractivity (Wildman–Crippen MR) is 74.1 cm³/mol. The molecular weight excluding hydrogens is 240 g/mol. The second-order valence-corrected chi connectivity index (χ2v) is 5.75. The number of nitrogens with two attached hydrogens (primary N) is 1. The molecule has 2 saturated carbocycles. The van der Waals surface area contributed by atoms with E-state index in [1.807, 2.05) is 0 Å². The van der Waals surface area contributed by atoms with E-state index in [2.05, 4.69) is 5.32 Å². The lowest BCUT2D eigenvalue weighted by Crippen LogP contribution is -2.31. The minimum Gasteiger partial charge on any atom is -0.494 e. The fraction of sp³-hybridized carbons (Fsp3) is 0.533. The molecule has 0 saturated heterocycles. The summed E-state index contributed by atoms with van der Waals surface area (Å²) >= 11 is 0. The van der Waals surface area contributed by atoms with E-state index in [0.29, 0.717) is 22.4 Å². The summed E-state index contributed by atoms with van der Waals surface area (Å²) in [5.74, 6) is 1.22. The summed E-state index contributed by atoms with van der Waals surface area (Å²) in [6.07, 6.45) is 5.17. The van der Waals surface area contributed by atoms with Gasteiger partial charge in [0.15, 0.2) is 5.75 Å². The minimum absolute atomic E-state index is 0.0870. The van der Waals surface area contributed by atoms with Gasteiger partial charge in [0.05, 0.1) is 18.4 Å². The molecule has 2 aliphatic rings. The van der Waals surface area contributed by atoms with Crippen molar-refractivity contribution >= 4 is 11.6 Å². The molecule has 102 valence electrons. The number of ether oxygens (including phenoxy) is 1. The zero-order valence-corrected chi connectivity index (χ0v) is 11.2. The van der Waals surface area contributed by atoms with Crippen LogP contribution in [0.5, 0.6) is 5.75 Å². The first-order valence-electron chi connectivity index (χ1n) is 6.87. The van der Waals surface area contributed by atoms with Crippen LogP contribution in [-0.2, 0) is 0 Å². The molecule has 4 nitrogen and oxygen atoms in total. The summed E-state index contributed by atoms with van der Waals surface area (Å²) in [5, 5.41) is 3.05. The molecule has 2 fully saturated rings. The number of amides is 1. The Hall–Kier alpha value is -1.71. The van der Waals surface area contributed by atoms with E-state index in [0.717, 1.165) is 12.5 Å². The van der Waals surface area contributed by atoms with E-state index >= 15 is 0 Å². The quantitative estimate of drug-likeness (QED) is 0.798. The van der Waals surface area contributed by atoms with E-state index in [4.69, 9.17) is 10.5 Å². The van der Waals surface area contributed by atoms with Crippen LogP contribution in [-0.4, -0.2) is 19.6 Å². The summed E-state index contributed by atoms with van der Waals surface area (Å²) < 4.78 is 5.22. The van der Waals surface area contributed by atoms with Crippen LogP contribution >= 0.6 is 0 Å². The number of carbonyl (C=O) groups is 1. The van der Waals surface area contributed by atoms with Gasteiger partial charge in [0, 0.05) is 6.54 Å². The first kappa shape index (κ1) is 12.3. The average molecular weight is 260 g/mol. The molecule has 4 heteroatoms. The smallest absolute Gasteiger partial charge is 0.255 e. The maximum absolute atomic E-state index is 12.2. The normalized spacial score (nSPS) is 19.8. The summed E-state index contributed by atoms with van der Waals surface area (Å²) in [6.45, 7) is 0.786. The molecule has 0 aromatic heterocycles. The van der Waals surface area contributed by atoms with Gasteiger partial charge in [-0.25, -0.2) is 0 Å². The minimum atomic E-state index is -0.0870. The molecule has 0 atom stereocenters. The summed E-state index contributed by atoms with van der Waals surface area (Å²) in [7, 11) is 1.54. The van der Waals surface area contributed by atoms with Crippen molar-refractivity contribution < 1.29 is 9.53 Å². The zero-order valence-electron chi connectivity index (χ0n) is 11.2. The number of hydrogen-bond acceptors (Lipinski definition) is 3. The Labute approximate surface area is 113 Å². The van der Waals surface area contributed by atoms with Crippen molar-refractivity contribution in [3.05, 3.63) is 23.8 Å². The summed E-state index contributed by atoms with van der Waals surface area (Å²) in [6, 6.07) is 5.27. The van der Waals surface area contributed by atoms with Crippen molar-refractivity contribution in [2.75, 3.05) is 19.4 Å². The highest BCUT2D eigenvalue weighted by Gasteiger charge is 2.53. The highest BCUT2D eigenvalue weighted by molar-refractivity contribution is 5.98. The number of rotatable bonds is 5. The third kappa shape index (κ3) is 2.27. The third-order valence-electron chi connectivity index (χ3n) is 4.43. The number of benzene rings is 1. The molecule has 0 bridgehead atoms. The van der Waals surface area contributed by atoms with Gasteiger partial charge < -0.3 is 15.8 Å². The highest BCUT2D eigenvalue weighted by atomic mass is 16.5. The van der Waals surface area contributed by atoms with Crippen molar-refractivity contribution in [1.82, 2.24) is 5.32 Å². The Balaban J connectivity index is 1.68. The van der Waals surface area contributed by atoms with Crippen LogP contribution in [0.3, 0.4) is 0 Å². The van der Waals surface area contributed by atoms with Gasteiger partial charge in [-0.15, -0.1) is 0 Å². The average Bonchev–Trinajstić information content (AvgIpc) is 3.28. The number of nitrogen functional groups attached to an aromatic ring is 1. The van der Waals surface area contributed by atoms with Crippen LogP contribution in [0.1, 0.15) is 36.0 Å². The SMILES string of the molecule is COc1c(N)cccc1C(=O)NCC1(C2CC2)CC1. The highest BCUT2D eigenvalue weighted by Crippen LogP contribution is 2.60. The molecule has 0 aliphatic heterocycles. The lowest BCUT2D eigenvalue weighted by molar-refractivity contribution is 0.0939. The molecule has 3 N–H and O–H groups in total. The Morgan fingerprint density at radius 1 is 1.47 bits per heavy atom. The maximum Gasteiger partial charge on any atom is 0.255 e. The fourth-order valence-corrected chi connectivity index (χ4v) is 2.90. The first-order chi connectivity index (χ1) is 9.16. The van der Waals surface area contributed by atoms with Crippen LogP contribution in [0.2, 0.25) is 0 Å². The Bertz CT molecular complexity index is 505. The topological polar surface area (TPSA) is 64.3 Å². The summed E-state index contributed by atoms with van der Waals surface area (Å²) in [5.41, 5.74) is 7.24. The van der Waals surface area contributed by atoms with Gasteiger partial charge in [-0.05, 0) is 49.1 Å². The van der Waals surface area contributed by atoms with Gasteiger partial charge >= 0.3 is 0 Å². The number of anilines is 1. The van der Waals surface area contributed by atoms with E-state index in [-0.39, 0.29) is 5.91 Å². The second kappa shape index (κ2) is 4.44. The van der Waals surface area contributed by atoms with Gasteiger partial charge in [0.2, 0.25) is 0 Å². The van der Waals surface area contributed by atoms with Gasteiger partial charge in [-0.2, -0.15) is 0 Å². The van der Waals surface area contributed by atoms with Crippen molar-refractivity contribution in [2.45, 2.75) is 25.7 Å². The predicted octanol–water partition coefficient (Wildman–Crippen LogP) is 2.20. The molecule has 0 heterocycles. The van der Waals surface area contributed by atoms with Crippen LogP contribution in [0.4, 0.5) is 5.69 Å². The summed E-state index contributed by atoms with van der Waals surface area (Å²) in [4.78, 5) is 12.2. The molecule has 19 heavy (non-hydrogen) atoms. The van der Waals surface area contributed by atoms with Gasteiger partial charge in [0.1, 0.15) is 0 Å². The van der Waals surface area contributed by atoms with Crippen LogP contribution in [0, 0.1) is 11.3 Å². The Morgan fingerprint density at radius 2 is 2.21 bits per heavy atom. The lowest BCUT2D eigenvalue weighted by atomic mass is 10.0. The second-order valence-electron chi connectivity index (χ2n) is 5.75. The molecule has 0 spiro atoms. The van der Waals surface area contributed by atoms with E-state index in [9.17, 15) is 4.79 Å². The zero-order chi connectivity index (χ0) is 13.5. The molecule has 1 aromatic rings. The molecule has 2 aliphatic carbocycles.